The zero-order valence-electron chi connectivity index (χ0n) is 34.0. The largest absolute Gasteiger partial charge is 0.456 e. The first-order valence-corrected chi connectivity index (χ1v) is 22.4. The molecule has 0 saturated carbocycles. The van der Waals surface area contributed by atoms with Crippen LogP contribution < -0.4 is 4.90 Å². The predicted octanol–water partition coefficient (Wildman–Crippen LogP) is 16.1. The van der Waals surface area contributed by atoms with Gasteiger partial charge in [0.2, 0.25) is 0 Å². The van der Waals surface area contributed by atoms with Crippen LogP contribution >= 0.6 is 11.8 Å². The normalized spacial score (nSPS) is 15.0. The third-order valence-corrected chi connectivity index (χ3v) is 14.8. The van der Waals surface area contributed by atoms with Crippen LogP contribution in [-0.4, -0.2) is 4.57 Å². The summed E-state index contributed by atoms with van der Waals surface area (Å²) < 4.78 is 8.84. The highest BCUT2D eigenvalue weighted by Gasteiger charge is 2.48. The molecule has 1 aliphatic carbocycles. The summed E-state index contributed by atoms with van der Waals surface area (Å²) >= 11 is 1.88. The first kappa shape index (κ1) is 34.9. The highest BCUT2D eigenvalue weighted by molar-refractivity contribution is 7.99. The van der Waals surface area contributed by atoms with Crippen LogP contribution in [0.25, 0.3) is 71.3 Å². The summed E-state index contributed by atoms with van der Waals surface area (Å²) in [6, 6.07) is 80.5. The number of aromatic nitrogens is 1. The zero-order chi connectivity index (χ0) is 41.2. The second-order valence-corrected chi connectivity index (χ2v) is 17.9. The standard InChI is InChI=1S/C59H36N2OS/c1-2-16-38(17-3-1)60(40-28-31-44-43-19-5-9-25-52(43)61(53(44)35-40)41-29-32-46-45-20-6-10-26-54(45)62-55(46)36-41)39-30-33-57-51(34-39)59(49-23-8-11-27-56(49)63-57)48-22-7-4-18-42(48)47-21-12-14-37-15-13-24-50(59)58(37)47/h1-36H. The smallest absolute Gasteiger partial charge is 0.137 e. The Morgan fingerprint density at radius 1 is 0.397 bits per heavy atom. The molecule has 0 amide bonds. The van der Waals surface area contributed by atoms with Gasteiger partial charge in [0.1, 0.15) is 11.2 Å². The molecule has 1 spiro atoms. The maximum Gasteiger partial charge on any atom is 0.137 e. The molecule has 4 heteroatoms. The van der Waals surface area contributed by atoms with Gasteiger partial charge in [-0.25, -0.2) is 0 Å². The molecule has 0 bridgehead atoms. The Kier molecular flexibility index (Phi) is 7.26. The molecule has 10 aromatic carbocycles. The molecule has 12 aromatic rings. The van der Waals surface area contributed by atoms with E-state index in [9.17, 15) is 0 Å². The molecular weight excluding hydrogens is 785 g/mol. The molecule has 294 valence electrons. The molecule has 3 heterocycles. The van der Waals surface area contributed by atoms with Gasteiger partial charge in [0.05, 0.1) is 16.4 Å². The average Bonchev–Trinajstić information content (AvgIpc) is 3.88. The summed E-state index contributed by atoms with van der Waals surface area (Å²) in [5, 5.41) is 7.27. The van der Waals surface area contributed by atoms with Crippen LogP contribution in [0.4, 0.5) is 17.1 Å². The molecule has 1 aliphatic heterocycles. The number of benzene rings is 10. The van der Waals surface area contributed by atoms with Crippen LogP contribution in [0, 0.1) is 0 Å². The van der Waals surface area contributed by atoms with E-state index in [2.05, 4.69) is 216 Å². The summed E-state index contributed by atoms with van der Waals surface area (Å²) in [4.78, 5) is 5.00. The topological polar surface area (TPSA) is 21.3 Å². The fourth-order valence-corrected chi connectivity index (χ4v) is 12.2. The van der Waals surface area contributed by atoms with Crippen molar-refractivity contribution in [3.63, 3.8) is 0 Å². The SMILES string of the molecule is c1ccc(N(c2ccc3c(c2)C2(c4ccccc4S3)c3ccccc3-c3cccc4cccc2c34)c2ccc3c4ccccc4n(-c4ccc5c(c4)oc4ccccc45)c3c2)cc1. The average molecular weight is 821 g/mol. The number of anilines is 3. The fourth-order valence-electron chi connectivity index (χ4n) is 11.1. The van der Waals surface area contributed by atoms with Crippen molar-refractivity contribution in [3.05, 3.63) is 241 Å². The Morgan fingerprint density at radius 2 is 1.05 bits per heavy atom. The minimum absolute atomic E-state index is 0.550. The fraction of sp³-hybridized carbons (Fsp3) is 0.0169. The van der Waals surface area contributed by atoms with E-state index in [4.69, 9.17) is 4.42 Å². The monoisotopic (exact) mass is 820 g/mol. The molecule has 3 nitrogen and oxygen atoms in total. The van der Waals surface area contributed by atoms with Gasteiger partial charge >= 0.3 is 0 Å². The second kappa shape index (κ2) is 13.1. The number of hydrogen-bond acceptors (Lipinski definition) is 3. The van der Waals surface area contributed by atoms with Crippen molar-refractivity contribution in [1.29, 1.82) is 0 Å². The van der Waals surface area contributed by atoms with Gasteiger partial charge in [-0.2, -0.15) is 0 Å². The van der Waals surface area contributed by atoms with E-state index in [-0.39, 0.29) is 0 Å². The van der Waals surface area contributed by atoms with Gasteiger partial charge in [0, 0.05) is 60.2 Å². The van der Waals surface area contributed by atoms with Gasteiger partial charge in [-0.05, 0) is 117 Å². The maximum atomic E-state index is 6.44. The lowest BCUT2D eigenvalue weighted by Gasteiger charge is -2.46. The minimum atomic E-state index is -0.550. The van der Waals surface area contributed by atoms with Gasteiger partial charge in [-0.1, -0.05) is 151 Å². The number of rotatable bonds is 4. The first-order chi connectivity index (χ1) is 31.2. The number of hydrogen-bond donors (Lipinski definition) is 0. The molecule has 2 aromatic heterocycles. The van der Waals surface area contributed by atoms with Crippen molar-refractivity contribution in [1.82, 2.24) is 4.57 Å². The molecule has 14 rings (SSSR count). The molecule has 0 fully saturated rings. The Bertz CT molecular complexity index is 3860. The summed E-state index contributed by atoms with van der Waals surface area (Å²) in [6.45, 7) is 0. The van der Waals surface area contributed by atoms with Crippen LogP contribution in [-0.2, 0) is 5.41 Å². The van der Waals surface area contributed by atoms with E-state index in [0.29, 0.717) is 0 Å². The van der Waals surface area contributed by atoms with Crippen molar-refractivity contribution in [3.8, 4) is 16.8 Å². The van der Waals surface area contributed by atoms with Crippen molar-refractivity contribution in [2.24, 2.45) is 0 Å². The number of para-hydroxylation sites is 3. The van der Waals surface area contributed by atoms with Crippen LogP contribution in [0.15, 0.2) is 233 Å². The lowest BCUT2D eigenvalue weighted by atomic mass is 9.59. The van der Waals surface area contributed by atoms with Crippen LogP contribution in [0.3, 0.4) is 0 Å². The van der Waals surface area contributed by atoms with Crippen molar-refractivity contribution in [2.75, 3.05) is 4.90 Å². The van der Waals surface area contributed by atoms with E-state index in [1.165, 1.54) is 64.7 Å². The zero-order valence-corrected chi connectivity index (χ0v) is 34.8. The summed E-state index contributed by atoms with van der Waals surface area (Å²) in [7, 11) is 0. The molecule has 0 radical (unpaired) electrons. The Hall–Kier alpha value is -7.79. The summed E-state index contributed by atoms with van der Waals surface area (Å²) in [5.41, 5.74) is 15.7. The van der Waals surface area contributed by atoms with Gasteiger partial charge in [-0.15, -0.1) is 0 Å². The highest BCUT2D eigenvalue weighted by atomic mass is 32.2. The van der Waals surface area contributed by atoms with E-state index in [0.717, 1.165) is 55.7 Å². The summed E-state index contributed by atoms with van der Waals surface area (Å²) in [5.74, 6) is 0. The maximum absolute atomic E-state index is 6.44. The van der Waals surface area contributed by atoms with Gasteiger partial charge in [0.15, 0.2) is 0 Å². The molecule has 0 saturated heterocycles. The Balaban J connectivity index is 1.03. The van der Waals surface area contributed by atoms with Crippen molar-refractivity contribution >= 4 is 83.3 Å². The van der Waals surface area contributed by atoms with Crippen LogP contribution in [0.2, 0.25) is 0 Å². The van der Waals surface area contributed by atoms with Crippen molar-refractivity contribution < 1.29 is 4.42 Å². The summed E-state index contributed by atoms with van der Waals surface area (Å²) in [6.07, 6.45) is 0. The lowest BCUT2D eigenvalue weighted by molar-refractivity contribution is 0.668. The van der Waals surface area contributed by atoms with Crippen LogP contribution in [0.1, 0.15) is 22.3 Å². The molecule has 0 N–H and O–H groups in total. The Morgan fingerprint density at radius 3 is 1.97 bits per heavy atom. The minimum Gasteiger partial charge on any atom is -0.456 e. The quantitative estimate of drug-likeness (QED) is 0.176. The van der Waals surface area contributed by atoms with E-state index >= 15 is 0 Å². The third kappa shape index (κ3) is 4.81. The molecule has 1 unspecified atom stereocenters. The predicted molar refractivity (Wildman–Crippen MR) is 262 cm³/mol. The van der Waals surface area contributed by atoms with E-state index < -0.39 is 5.41 Å². The molecule has 2 aliphatic rings. The van der Waals surface area contributed by atoms with Crippen LogP contribution in [0.5, 0.6) is 0 Å². The van der Waals surface area contributed by atoms with Gasteiger partial charge in [0.25, 0.3) is 0 Å². The highest BCUT2D eigenvalue weighted by Crippen LogP contribution is 2.62. The molecule has 1 atom stereocenters. The first-order valence-electron chi connectivity index (χ1n) is 21.6. The van der Waals surface area contributed by atoms with E-state index in [1.807, 2.05) is 23.9 Å². The van der Waals surface area contributed by atoms with Gasteiger partial charge in [-0.3, -0.25) is 0 Å². The number of furan rings is 1. The molecular formula is C59H36N2OS. The van der Waals surface area contributed by atoms with Gasteiger partial charge < -0.3 is 13.9 Å². The molecule has 63 heavy (non-hydrogen) atoms. The van der Waals surface area contributed by atoms with Crippen molar-refractivity contribution in [2.45, 2.75) is 15.2 Å². The third-order valence-electron chi connectivity index (χ3n) is 13.6. The van der Waals surface area contributed by atoms with E-state index in [1.54, 1.807) is 0 Å². The lowest BCUT2D eigenvalue weighted by Crippen LogP contribution is -2.36. The number of fused-ring (bicyclic) bond motifs is 14. The number of nitrogens with zero attached hydrogens (tertiary/aromatic N) is 2. The Labute approximate surface area is 368 Å². The second-order valence-electron chi connectivity index (χ2n) is 16.8.